The fourth-order valence-corrected chi connectivity index (χ4v) is 11.1. The maximum Gasteiger partial charge on any atom is 0.407 e. The summed E-state index contributed by atoms with van der Waals surface area (Å²) in [7, 11) is -0.330. The van der Waals surface area contributed by atoms with Gasteiger partial charge in [-0.2, -0.15) is 0 Å². The number of sulfonamides is 1. The van der Waals surface area contributed by atoms with Crippen molar-refractivity contribution in [1.29, 1.82) is 0 Å². The Morgan fingerprint density at radius 2 is 1.81 bits per heavy atom. The number of methoxy groups -OCH3 is 1. The highest BCUT2D eigenvalue weighted by Crippen LogP contribution is 2.46. The van der Waals surface area contributed by atoms with E-state index in [1.807, 2.05) is 74.3 Å². The number of carbonyl (C=O) groups is 4. The van der Waals surface area contributed by atoms with E-state index in [1.165, 1.54) is 11.0 Å². The number of aryl methyl sites for hydroxylation is 1. The molecule has 3 saturated carbocycles. The minimum atomic E-state index is -3.92. The number of fused-ring (bicyclic) bond motifs is 3. The molecule has 15 nitrogen and oxygen atoms in total. The number of aromatic nitrogens is 1. The normalized spacial score (nSPS) is 26.4. The summed E-state index contributed by atoms with van der Waals surface area (Å²) in [5, 5.41) is 5.92. The summed E-state index contributed by atoms with van der Waals surface area (Å²) in [6, 6.07) is 13.8. The third-order valence-corrected chi connectivity index (χ3v) is 15.6. The van der Waals surface area contributed by atoms with Gasteiger partial charge in [0.15, 0.2) is 0 Å². The van der Waals surface area contributed by atoms with Gasteiger partial charge in [0.2, 0.25) is 21.8 Å². The molecule has 1 aromatic heterocycles. The van der Waals surface area contributed by atoms with Crippen LogP contribution in [0, 0.1) is 17.3 Å². The summed E-state index contributed by atoms with van der Waals surface area (Å²) in [4.78, 5) is 65.9. The van der Waals surface area contributed by atoms with Crippen molar-refractivity contribution in [3.8, 4) is 11.5 Å². The van der Waals surface area contributed by atoms with Crippen LogP contribution in [0.5, 0.6) is 11.5 Å². The molecule has 0 spiro atoms. The fourth-order valence-electron chi connectivity index (χ4n) is 9.73. The van der Waals surface area contributed by atoms with Gasteiger partial charge in [-0.15, -0.1) is 6.58 Å². The van der Waals surface area contributed by atoms with E-state index in [-0.39, 0.29) is 37.3 Å². The predicted molar refractivity (Wildman–Crippen MR) is 242 cm³/mol. The third kappa shape index (κ3) is 9.81. The second-order valence-corrected chi connectivity index (χ2v) is 21.2. The second kappa shape index (κ2) is 18.2. The molecule has 0 radical (unpaired) electrons. The number of cyclic esters (lactones) is 1. The molecule has 4 bridgehead atoms. The number of amides is 4. The largest absolute Gasteiger partial charge is 0.496 e. The highest BCUT2D eigenvalue weighted by molar-refractivity contribution is 7.91. The molecule has 344 valence electrons. The van der Waals surface area contributed by atoms with Crippen LogP contribution in [0.25, 0.3) is 10.9 Å². The lowest BCUT2D eigenvalue weighted by Crippen LogP contribution is -2.59. The van der Waals surface area contributed by atoms with Gasteiger partial charge in [0.05, 0.1) is 31.0 Å². The van der Waals surface area contributed by atoms with E-state index in [0.29, 0.717) is 61.5 Å². The van der Waals surface area contributed by atoms with E-state index >= 15 is 4.79 Å². The molecule has 3 N–H and O–H groups in total. The Kier molecular flexibility index (Phi) is 12.9. The molecule has 3 heterocycles. The Balaban J connectivity index is 1.18. The van der Waals surface area contributed by atoms with E-state index in [2.05, 4.69) is 21.9 Å². The molecule has 2 aliphatic heterocycles. The maximum atomic E-state index is 15.1. The molecule has 2 aromatic carbocycles. The average molecular weight is 899 g/mol. The first-order valence-electron chi connectivity index (χ1n) is 22.8. The summed E-state index contributed by atoms with van der Waals surface area (Å²) >= 11 is 0. The SMILES string of the molecule is C=C[C@H]1C[C@]1(NC(=O)[C@@H]1C[C@@H]2CN1C(=O)[C@H](C1CCCCC1)NC(=O)OCC(C)(C)CCCc1cc3c(cc(N(C)Cc4ccccc4)nc3cc1OC)O2)C(=O)NS(=O)(=O)C1CC1. The van der Waals surface area contributed by atoms with Gasteiger partial charge in [-0.1, -0.05) is 69.5 Å². The number of alkyl carbamates (subject to hydrolysis) is 1. The van der Waals surface area contributed by atoms with Crippen LogP contribution in [-0.4, -0.2) is 98.4 Å². The van der Waals surface area contributed by atoms with Crippen LogP contribution >= 0.6 is 0 Å². The summed E-state index contributed by atoms with van der Waals surface area (Å²) in [6.45, 7) is 8.62. The molecule has 16 heteroatoms. The number of pyridine rings is 1. The molecule has 3 aromatic rings. The van der Waals surface area contributed by atoms with Crippen molar-refractivity contribution in [3.63, 3.8) is 0 Å². The number of nitrogens with one attached hydrogen (secondary N) is 3. The second-order valence-electron chi connectivity index (χ2n) is 19.3. The van der Waals surface area contributed by atoms with Crippen molar-refractivity contribution in [2.24, 2.45) is 17.3 Å². The van der Waals surface area contributed by atoms with Crippen LogP contribution in [0.15, 0.2) is 61.2 Å². The van der Waals surface area contributed by atoms with Gasteiger partial charge >= 0.3 is 6.09 Å². The zero-order valence-corrected chi connectivity index (χ0v) is 38.2. The number of hydrogen-bond donors (Lipinski definition) is 3. The molecule has 5 atom stereocenters. The van der Waals surface area contributed by atoms with E-state index in [9.17, 15) is 22.8 Å². The average Bonchev–Trinajstić information content (AvgIpc) is 4.21. The third-order valence-electron chi connectivity index (χ3n) is 13.8. The van der Waals surface area contributed by atoms with Gasteiger partial charge in [0.25, 0.3) is 5.91 Å². The Morgan fingerprint density at radius 1 is 1.06 bits per heavy atom. The first-order chi connectivity index (χ1) is 30.6. The molecule has 4 fully saturated rings. The number of nitrogens with zero attached hydrogens (tertiary/aromatic N) is 3. The molecular formula is C48H62N6O9S. The maximum absolute atomic E-state index is 15.1. The van der Waals surface area contributed by atoms with Gasteiger partial charge in [-0.3, -0.25) is 19.1 Å². The topological polar surface area (TPSA) is 186 Å². The molecule has 4 amide bonds. The van der Waals surface area contributed by atoms with Crippen LogP contribution in [0.1, 0.15) is 95.6 Å². The summed E-state index contributed by atoms with van der Waals surface area (Å²) in [5.41, 5.74) is 0.742. The van der Waals surface area contributed by atoms with Crippen LogP contribution in [0.4, 0.5) is 10.6 Å². The predicted octanol–water partition coefficient (Wildman–Crippen LogP) is 5.94. The van der Waals surface area contributed by atoms with Crippen molar-refractivity contribution in [1.82, 2.24) is 25.2 Å². The molecule has 64 heavy (non-hydrogen) atoms. The van der Waals surface area contributed by atoms with Crippen LogP contribution < -0.4 is 29.7 Å². The van der Waals surface area contributed by atoms with Gasteiger partial charge in [0, 0.05) is 43.5 Å². The Labute approximate surface area is 376 Å². The highest BCUT2D eigenvalue weighted by atomic mass is 32.2. The number of benzene rings is 2. The lowest BCUT2D eigenvalue weighted by molar-refractivity contribution is -0.142. The van der Waals surface area contributed by atoms with Crippen molar-refractivity contribution >= 4 is 50.6 Å². The van der Waals surface area contributed by atoms with E-state index in [1.54, 1.807) is 7.11 Å². The van der Waals surface area contributed by atoms with Gasteiger partial charge in [0.1, 0.15) is 41.0 Å². The van der Waals surface area contributed by atoms with Gasteiger partial charge < -0.3 is 34.6 Å². The number of rotatable bonds is 11. The number of carbonyl (C=O) groups excluding carboxylic acids is 4. The Morgan fingerprint density at radius 3 is 2.50 bits per heavy atom. The first kappa shape index (κ1) is 45.2. The van der Waals surface area contributed by atoms with Crippen molar-refractivity contribution in [2.75, 3.05) is 32.2 Å². The molecular weight excluding hydrogens is 837 g/mol. The molecule has 0 unspecified atom stereocenters. The number of ether oxygens (including phenoxy) is 3. The van der Waals surface area contributed by atoms with Crippen LogP contribution in [0.2, 0.25) is 0 Å². The van der Waals surface area contributed by atoms with Gasteiger partial charge in [-0.25, -0.2) is 18.2 Å². The standard InChI is InChI=1S/C48H62N6O9S/c1-6-33-26-48(33,45(57)52-64(59,60)35-19-20-35)51-43(55)38-23-34-28-54(38)44(56)42(31-16-11-8-12-17-31)50-46(58)62-29-47(2,3)21-13-18-32-22-36-37(24-39(32)61-5)49-41(25-40(36)63-34)53(4)27-30-14-9-7-10-15-30/h6-7,9-10,14-15,22,24-25,31,33-35,38,42H,1,8,11-13,16-21,23,26-29H2,2-5H3,(H,50,58)(H,51,55)(H,52,57)/t33-,34+,38-,42-,48+/m0/s1. The lowest BCUT2D eigenvalue weighted by atomic mass is 9.83. The fraction of sp³-hybridized carbons (Fsp3) is 0.562. The quantitative estimate of drug-likeness (QED) is 0.194. The monoisotopic (exact) mass is 898 g/mol. The van der Waals surface area contributed by atoms with Crippen molar-refractivity contribution in [3.05, 3.63) is 72.3 Å². The number of anilines is 1. The minimum absolute atomic E-state index is 0.00788. The van der Waals surface area contributed by atoms with Crippen LogP contribution in [0.3, 0.4) is 0 Å². The molecule has 3 aliphatic carbocycles. The zero-order chi connectivity index (χ0) is 45.4. The van der Waals surface area contributed by atoms with E-state index < -0.39 is 68.7 Å². The zero-order valence-electron chi connectivity index (χ0n) is 37.4. The first-order valence-corrected chi connectivity index (χ1v) is 24.3. The van der Waals surface area contributed by atoms with Crippen LogP contribution in [-0.2, 0) is 42.1 Å². The Hall–Kier alpha value is -5.38. The van der Waals surface area contributed by atoms with Crippen molar-refractivity contribution < 1.29 is 41.8 Å². The van der Waals surface area contributed by atoms with E-state index in [4.69, 9.17) is 19.2 Å². The minimum Gasteiger partial charge on any atom is -0.496 e. The molecule has 8 rings (SSSR count). The Bertz CT molecular complexity index is 2380. The van der Waals surface area contributed by atoms with Gasteiger partial charge in [-0.05, 0) is 79.9 Å². The molecule has 5 aliphatic rings. The summed E-state index contributed by atoms with van der Waals surface area (Å²) < 4.78 is 46.8. The van der Waals surface area contributed by atoms with Crippen molar-refractivity contribution in [2.45, 2.75) is 126 Å². The van der Waals surface area contributed by atoms with E-state index in [0.717, 1.165) is 48.6 Å². The smallest absolute Gasteiger partial charge is 0.407 e. The summed E-state index contributed by atoms with van der Waals surface area (Å²) in [6.07, 6.45) is 7.63. The highest BCUT2D eigenvalue weighted by Gasteiger charge is 2.62. The number of hydrogen-bond acceptors (Lipinski definition) is 11. The summed E-state index contributed by atoms with van der Waals surface area (Å²) in [5.74, 6) is -0.787. The molecule has 1 saturated heterocycles. The lowest BCUT2D eigenvalue weighted by Gasteiger charge is -2.35.